The van der Waals surface area contributed by atoms with Gasteiger partial charge in [-0.25, -0.2) is 17.5 Å². The number of carbonyl (C=O) groups excluding carboxylic acids is 3. The van der Waals surface area contributed by atoms with E-state index < -0.39 is 27.2 Å². The zero-order valence-electron chi connectivity index (χ0n) is 12.2. The molecule has 0 bridgehead atoms. The minimum atomic E-state index is -3.86. The number of carbonyl (C=O) groups is 3. The number of imide groups is 1. The minimum absolute atomic E-state index is 0.156. The number of piperidine rings is 1. The van der Waals surface area contributed by atoms with Gasteiger partial charge in [0.2, 0.25) is 15.9 Å². The molecule has 2 fully saturated rings. The molecule has 124 valence electrons. The molecule has 2 saturated heterocycles. The smallest absolute Gasteiger partial charge is 0.321 e. The SMILES string of the molecule is CCOC(=O)C1CCN(S(=O)(=O)C2CNC(=O)NC2=O)CC1. The van der Waals surface area contributed by atoms with Crippen molar-refractivity contribution < 1.29 is 27.5 Å². The first kappa shape index (κ1) is 16.7. The lowest BCUT2D eigenvalue weighted by Gasteiger charge is -2.33. The third kappa shape index (κ3) is 3.38. The largest absolute Gasteiger partial charge is 0.466 e. The van der Waals surface area contributed by atoms with Gasteiger partial charge in [-0.15, -0.1) is 0 Å². The molecule has 2 heterocycles. The first-order valence-corrected chi connectivity index (χ1v) is 8.61. The lowest BCUT2D eigenvalue weighted by Crippen LogP contribution is -2.60. The third-order valence-corrected chi connectivity index (χ3v) is 5.96. The minimum Gasteiger partial charge on any atom is -0.466 e. The van der Waals surface area contributed by atoms with Gasteiger partial charge >= 0.3 is 12.0 Å². The Hall–Kier alpha value is -1.68. The maximum absolute atomic E-state index is 12.5. The highest BCUT2D eigenvalue weighted by atomic mass is 32.2. The maximum Gasteiger partial charge on any atom is 0.321 e. The summed E-state index contributed by atoms with van der Waals surface area (Å²) in [6.45, 7) is 2.07. The molecule has 2 aliphatic rings. The summed E-state index contributed by atoms with van der Waals surface area (Å²) in [4.78, 5) is 34.3. The zero-order valence-corrected chi connectivity index (χ0v) is 13.0. The van der Waals surface area contributed by atoms with Crippen molar-refractivity contribution in [2.45, 2.75) is 25.0 Å². The second kappa shape index (κ2) is 6.61. The van der Waals surface area contributed by atoms with E-state index in [1.165, 1.54) is 4.31 Å². The monoisotopic (exact) mass is 333 g/mol. The molecule has 0 aromatic rings. The number of nitrogens with zero attached hydrogens (tertiary/aromatic N) is 1. The molecule has 10 heteroatoms. The molecule has 22 heavy (non-hydrogen) atoms. The van der Waals surface area contributed by atoms with E-state index in [4.69, 9.17) is 4.74 Å². The van der Waals surface area contributed by atoms with E-state index in [-0.39, 0.29) is 31.5 Å². The van der Waals surface area contributed by atoms with Gasteiger partial charge < -0.3 is 10.1 Å². The molecule has 0 aliphatic carbocycles. The molecule has 0 aromatic heterocycles. The lowest BCUT2D eigenvalue weighted by atomic mass is 9.98. The molecule has 1 unspecified atom stereocenters. The quantitative estimate of drug-likeness (QED) is 0.623. The second-order valence-corrected chi connectivity index (χ2v) is 7.27. The molecule has 0 spiro atoms. The summed E-state index contributed by atoms with van der Waals surface area (Å²) >= 11 is 0. The Labute approximate surface area is 128 Å². The van der Waals surface area contributed by atoms with Crippen molar-refractivity contribution in [2.75, 3.05) is 26.2 Å². The summed E-state index contributed by atoms with van der Waals surface area (Å²) in [5.74, 6) is -1.45. The van der Waals surface area contributed by atoms with E-state index in [0.717, 1.165) is 0 Å². The van der Waals surface area contributed by atoms with Gasteiger partial charge in [0, 0.05) is 19.6 Å². The van der Waals surface area contributed by atoms with Gasteiger partial charge in [-0.05, 0) is 19.8 Å². The van der Waals surface area contributed by atoms with Crippen LogP contribution < -0.4 is 10.6 Å². The van der Waals surface area contributed by atoms with Gasteiger partial charge in [0.25, 0.3) is 0 Å². The number of ether oxygens (including phenoxy) is 1. The molecule has 0 radical (unpaired) electrons. The van der Waals surface area contributed by atoms with E-state index in [9.17, 15) is 22.8 Å². The van der Waals surface area contributed by atoms with Crippen LogP contribution in [0, 0.1) is 5.92 Å². The third-order valence-electron chi connectivity index (χ3n) is 3.77. The second-order valence-electron chi connectivity index (χ2n) is 5.16. The van der Waals surface area contributed by atoms with Gasteiger partial charge in [0.1, 0.15) is 0 Å². The van der Waals surface area contributed by atoms with Crippen molar-refractivity contribution in [1.82, 2.24) is 14.9 Å². The number of amides is 3. The van der Waals surface area contributed by atoms with Crippen LogP contribution in [0.25, 0.3) is 0 Å². The highest BCUT2D eigenvalue weighted by Gasteiger charge is 2.42. The van der Waals surface area contributed by atoms with Crippen molar-refractivity contribution in [1.29, 1.82) is 0 Å². The zero-order chi connectivity index (χ0) is 16.3. The molecule has 0 saturated carbocycles. The van der Waals surface area contributed by atoms with Crippen LogP contribution in [0.3, 0.4) is 0 Å². The van der Waals surface area contributed by atoms with Crippen LogP contribution >= 0.6 is 0 Å². The number of esters is 1. The Bertz CT molecular complexity index is 567. The van der Waals surface area contributed by atoms with Gasteiger partial charge in [0.05, 0.1) is 12.5 Å². The van der Waals surface area contributed by atoms with Gasteiger partial charge in [-0.1, -0.05) is 0 Å². The van der Waals surface area contributed by atoms with Gasteiger partial charge in [0.15, 0.2) is 5.25 Å². The number of hydrogen-bond donors (Lipinski definition) is 2. The molecule has 2 rings (SSSR count). The fourth-order valence-electron chi connectivity index (χ4n) is 2.54. The number of rotatable bonds is 4. The van der Waals surface area contributed by atoms with Crippen LogP contribution in [-0.4, -0.2) is 62.1 Å². The van der Waals surface area contributed by atoms with Gasteiger partial charge in [-0.3, -0.25) is 14.9 Å². The van der Waals surface area contributed by atoms with E-state index >= 15 is 0 Å². The number of urea groups is 1. The molecular formula is C12H19N3O6S. The summed E-state index contributed by atoms with van der Waals surface area (Å²) in [5.41, 5.74) is 0. The summed E-state index contributed by atoms with van der Waals surface area (Å²) < 4.78 is 31.0. The fourth-order valence-corrected chi connectivity index (χ4v) is 4.24. The molecule has 2 N–H and O–H groups in total. The number of hydrogen-bond acceptors (Lipinski definition) is 6. The highest BCUT2D eigenvalue weighted by Crippen LogP contribution is 2.23. The Morgan fingerprint density at radius 1 is 1.32 bits per heavy atom. The van der Waals surface area contributed by atoms with E-state index in [1.807, 2.05) is 5.32 Å². The first-order valence-electron chi connectivity index (χ1n) is 7.10. The summed E-state index contributed by atoms with van der Waals surface area (Å²) in [5, 5.41) is 2.92. The molecule has 2 aliphatic heterocycles. The molecule has 0 aromatic carbocycles. The Morgan fingerprint density at radius 3 is 2.50 bits per heavy atom. The Morgan fingerprint density at radius 2 is 1.95 bits per heavy atom. The summed E-state index contributed by atoms with van der Waals surface area (Å²) in [7, 11) is -3.86. The predicted octanol–water partition coefficient (Wildman–Crippen LogP) is -1.20. The van der Waals surface area contributed by atoms with E-state index in [2.05, 4.69) is 5.32 Å². The van der Waals surface area contributed by atoms with Crippen LogP contribution in [0.15, 0.2) is 0 Å². The normalized spacial score (nSPS) is 24.5. The van der Waals surface area contributed by atoms with Crippen LogP contribution in [-0.2, 0) is 24.3 Å². The standard InChI is InChI=1S/C12H19N3O6S/c1-2-21-11(17)8-3-5-15(6-4-8)22(19,20)9-7-13-12(18)14-10(9)16/h8-9H,2-7H2,1H3,(H2,13,14,16,18). The van der Waals surface area contributed by atoms with Crippen molar-refractivity contribution in [3.05, 3.63) is 0 Å². The molecule has 3 amide bonds. The summed E-state index contributed by atoms with van der Waals surface area (Å²) in [6.07, 6.45) is 0.720. The number of sulfonamides is 1. The first-order chi connectivity index (χ1) is 10.4. The maximum atomic E-state index is 12.5. The van der Waals surface area contributed by atoms with Crippen LogP contribution in [0.1, 0.15) is 19.8 Å². The van der Waals surface area contributed by atoms with E-state index in [0.29, 0.717) is 19.4 Å². The molecular weight excluding hydrogens is 314 g/mol. The molecule has 1 atom stereocenters. The topological polar surface area (TPSA) is 122 Å². The predicted molar refractivity (Wildman–Crippen MR) is 75.2 cm³/mol. The lowest BCUT2D eigenvalue weighted by molar-refractivity contribution is -0.149. The number of nitrogens with one attached hydrogen (secondary N) is 2. The van der Waals surface area contributed by atoms with Crippen molar-refractivity contribution in [3.63, 3.8) is 0 Å². The average Bonchev–Trinajstić information content (AvgIpc) is 2.47. The van der Waals surface area contributed by atoms with Crippen molar-refractivity contribution in [2.24, 2.45) is 5.92 Å². The summed E-state index contributed by atoms with van der Waals surface area (Å²) in [6, 6.07) is -0.697. The van der Waals surface area contributed by atoms with E-state index in [1.54, 1.807) is 6.92 Å². The fraction of sp³-hybridized carbons (Fsp3) is 0.750. The average molecular weight is 333 g/mol. The molecule has 9 nitrogen and oxygen atoms in total. The van der Waals surface area contributed by atoms with Crippen molar-refractivity contribution in [3.8, 4) is 0 Å². The van der Waals surface area contributed by atoms with Crippen molar-refractivity contribution >= 4 is 27.9 Å². The van der Waals surface area contributed by atoms with Crippen LogP contribution in [0.5, 0.6) is 0 Å². The van der Waals surface area contributed by atoms with Crippen LogP contribution in [0.2, 0.25) is 0 Å². The Balaban J connectivity index is 1.99. The van der Waals surface area contributed by atoms with Gasteiger partial charge in [-0.2, -0.15) is 0 Å². The highest BCUT2D eigenvalue weighted by molar-refractivity contribution is 7.90. The van der Waals surface area contributed by atoms with Crippen LogP contribution in [0.4, 0.5) is 4.79 Å². The Kier molecular flexibility index (Phi) is 5.01.